The smallest absolute Gasteiger partial charge is 0.0520 e. The molecule has 382 valence electrons. The van der Waals surface area contributed by atoms with E-state index in [0.29, 0.717) is 0 Å². The summed E-state index contributed by atoms with van der Waals surface area (Å²) in [5.41, 5.74) is 21.5. The van der Waals surface area contributed by atoms with Crippen LogP contribution in [-0.4, -0.2) is 0 Å². The van der Waals surface area contributed by atoms with Gasteiger partial charge in [0.2, 0.25) is 0 Å². The fourth-order valence-corrected chi connectivity index (χ4v) is 13.0. The van der Waals surface area contributed by atoms with E-state index in [1.807, 2.05) is 0 Å². The van der Waals surface area contributed by atoms with Gasteiger partial charge in [-0.05, 0) is 234 Å². The fourth-order valence-electron chi connectivity index (χ4n) is 13.0. The van der Waals surface area contributed by atoms with Gasteiger partial charge < -0.3 is 9.80 Å². The molecule has 0 bridgehead atoms. The van der Waals surface area contributed by atoms with Crippen molar-refractivity contribution in [3.63, 3.8) is 0 Å². The van der Waals surface area contributed by atoms with Crippen LogP contribution in [0.4, 0.5) is 34.1 Å². The Balaban J connectivity index is 0.800. The lowest BCUT2D eigenvalue weighted by molar-refractivity contribution is 1.20. The van der Waals surface area contributed by atoms with Gasteiger partial charge in [-0.1, -0.05) is 194 Å². The Labute approximate surface area is 469 Å². The maximum absolute atomic E-state index is 2.46. The van der Waals surface area contributed by atoms with E-state index in [0.717, 1.165) is 22.7 Å². The molecule has 0 aliphatic heterocycles. The van der Waals surface area contributed by atoms with E-state index < -0.39 is 0 Å². The third-order valence-corrected chi connectivity index (χ3v) is 16.9. The molecular formula is C78H60N2. The van der Waals surface area contributed by atoms with Gasteiger partial charge in [0, 0.05) is 22.7 Å². The Morgan fingerprint density at radius 1 is 0.188 bits per heavy atom. The number of anilines is 6. The molecule has 0 fully saturated rings. The van der Waals surface area contributed by atoms with Crippen LogP contribution >= 0.6 is 0 Å². The number of para-hydroxylation sites is 2. The topological polar surface area (TPSA) is 6.48 Å². The van der Waals surface area contributed by atoms with Crippen LogP contribution in [0.5, 0.6) is 0 Å². The third kappa shape index (κ3) is 8.18. The molecule has 0 radical (unpaired) electrons. The zero-order chi connectivity index (χ0) is 54.2. The first kappa shape index (κ1) is 48.6. The van der Waals surface area contributed by atoms with Gasteiger partial charge in [0.15, 0.2) is 0 Å². The van der Waals surface area contributed by atoms with E-state index in [4.69, 9.17) is 0 Å². The molecule has 0 unspecified atom stereocenters. The van der Waals surface area contributed by atoms with Crippen LogP contribution in [0.1, 0.15) is 33.4 Å². The van der Waals surface area contributed by atoms with Gasteiger partial charge in [-0.3, -0.25) is 0 Å². The highest BCUT2D eigenvalue weighted by atomic mass is 15.2. The average Bonchev–Trinajstić information content (AvgIpc) is 3.67. The van der Waals surface area contributed by atoms with Gasteiger partial charge in [0.05, 0.1) is 11.4 Å². The largest absolute Gasteiger partial charge is 0.310 e. The summed E-state index contributed by atoms with van der Waals surface area (Å²) in [5.74, 6) is 0. The van der Waals surface area contributed by atoms with Gasteiger partial charge in [-0.15, -0.1) is 0 Å². The molecule has 0 spiro atoms. The summed E-state index contributed by atoms with van der Waals surface area (Å²) in [5, 5.41) is 15.5. The lowest BCUT2D eigenvalue weighted by Crippen LogP contribution is -2.14. The molecule has 80 heavy (non-hydrogen) atoms. The minimum absolute atomic E-state index is 1.12. The monoisotopic (exact) mass is 1020 g/mol. The number of hydrogen-bond donors (Lipinski definition) is 0. The molecule has 14 aromatic rings. The first-order valence-corrected chi connectivity index (χ1v) is 28.0. The van der Waals surface area contributed by atoms with Crippen molar-refractivity contribution >= 4 is 98.8 Å². The first-order valence-electron chi connectivity index (χ1n) is 28.0. The van der Waals surface area contributed by atoms with E-state index in [-0.39, 0.29) is 0 Å². The average molecular weight is 1030 g/mol. The van der Waals surface area contributed by atoms with Crippen LogP contribution in [-0.2, 0) is 0 Å². The number of aryl methyl sites for hydroxylation is 6. The molecule has 0 aliphatic carbocycles. The normalized spacial score (nSPS) is 11.6. The van der Waals surface area contributed by atoms with Gasteiger partial charge in [-0.25, -0.2) is 0 Å². The Morgan fingerprint density at radius 3 is 0.738 bits per heavy atom. The second-order valence-corrected chi connectivity index (χ2v) is 22.0. The molecule has 2 heteroatoms. The number of benzene rings is 14. The van der Waals surface area contributed by atoms with E-state index >= 15 is 0 Å². The van der Waals surface area contributed by atoms with Gasteiger partial charge in [-0.2, -0.15) is 0 Å². The second-order valence-electron chi connectivity index (χ2n) is 22.0. The molecule has 0 saturated heterocycles. The molecule has 2 nitrogen and oxygen atoms in total. The molecule has 0 aliphatic rings. The number of rotatable bonds is 9. The van der Waals surface area contributed by atoms with Crippen molar-refractivity contribution < 1.29 is 0 Å². The van der Waals surface area contributed by atoms with Gasteiger partial charge in [0.1, 0.15) is 0 Å². The maximum Gasteiger partial charge on any atom is 0.0520 e. The summed E-state index contributed by atoms with van der Waals surface area (Å²) in [6.45, 7) is 13.4. The highest BCUT2D eigenvalue weighted by Gasteiger charge is 2.22. The molecule has 0 N–H and O–H groups in total. The number of fused-ring (bicyclic) bond motifs is 12. The summed E-state index contributed by atoms with van der Waals surface area (Å²) in [4.78, 5) is 4.92. The van der Waals surface area contributed by atoms with Crippen molar-refractivity contribution in [3.8, 4) is 33.4 Å². The summed E-state index contributed by atoms with van der Waals surface area (Å²) >= 11 is 0. The predicted molar refractivity (Wildman–Crippen MR) is 346 cm³/mol. The maximum atomic E-state index is 2.46. The molecule has 14 aromatic carbocycles. The third-order valence-electron chi connectivity index (χ3n) is 16.9. The van der Waals surface area contributed by atoms with Crippen LogP contribution in [0.15, 0.2) is 255 Å². The number of hydrogen-bond acceptors (Lipinski definition) is 2. The van der Waals surface area contributed by atoms with Crippen LogP contribution in [0.2, 0.25) is 0 Å². The standard InChI is InChI=1S/C78H60N2/c1-49-17-15-18-50(2)77(49)79(61-37-29-55(30-38-61)59-33-41-71-67-25-9-7-21-63(67)65-23-11-13-27-69(65)73(71)47-59)75-43-35-57(45-53(75)5)58-36-44-76(54(6)46-58)80(78-51(3)19-16-20-52(78)4)62-39-31-56(32-40-62)60-34-42-72-68-26-10-8-22-64(68)66-24-12-14-28-70(66)74(72)48-60/h7-48H,1-6H3. The molecule has 0 atom stereocenters. The predicted octanol–water partition coefficient (Wildman–Crippen LogP) is 22.4. The minimum Gasteiger partial charge on any atom is -0.310 e. The highest BCUT2D eigenvalue weighted by Crippen LogP contribution is 2.46. The second kappa shape index (κ2) is 19.6. The Bertz CT molecular complexity index is 4360. The molecular weight excluding hydrogens is 965 g/mol. The molecule has 0 aromatic heterocycles. The van der Waals surface area contributed by atoms with Crippen molar-refractivity contribution in [3.05, 3.63) is 288 Å². The van der Waals surface area contributed by atoms with E-state index in [1.54, 1.807) is 0 Å². The van der Waals surface area contributed by atoms with Crippen LogP contribution in [0.3, 0.4) is 0 Å². The van der Waals surface area contributed by atoms with Crippen LogP contribution in [0.25, 0.3) is 98.0 Å². The van der Waals surface area contributed by atoms with Gasteiger partial charge in [0.25, 0.3) is 0 Å². The highest BCUT2D eigenvalue weighted by molar-refractivity contribution is 6.27. The fraction of sp³-hybridized carbons (Fsp3) is 0.0769. The quantitative estimate of drug-likeness (QED) is 0.133. The molecule has 14 rings (SSSR count). The van der Waals surface area contributed by atoms with Crippen molar-refractivity contribution in [2.45, 2.75) is 41.5 Å². The molecule has 0 heterocycles. The van der Waals surface area contributed by atoms with Crippen molar-refractivity contribution in [2.75, 3.05) is 9.80 Å². The van der Waals surface area contributed by atoms with Crippen molar-refractivity contribution in [2.24, 2.45) is 0 Å². The van der Waals surface area contributed by atoms with E-state index in [9.17, 15) is 0 Å². The minimum atomic E-state index is 1.12. The Kier molecular flexibility index (Phi) is 11.9. The summed E-state index contributed by atoms with van der Waals surface area (Å²) in [6.07, 6.45) is 0. The molecule has 0 amide bonds. The Morgan fingerprint density at radius 2 is 0.438 bits per heavy atom. The Hall–Kier alpha value is -9.76. The van der Waals surface area contributed by atoms with E-state index in [1.165, 1.54) is 143 Å². The van der Waals surface area contributed by atoms with Crippen molar-refractivity contribution in [1.29, 1.82) is 0 Å². The zero-order valence-electron chi connectivity index (χ0n) is 46.1. The first-order chi connectivity index (χ1) is 39.2. The summed E-state index contributed by atoms with van der Waals surface area (Å²) in [6, 6.07) is 94.7. The lowest BCUT2D eigenvalue weighted by atomic mass is 9.92. The summed E-state index contributed by atoms with van der Waals surface area (Å²) in [7, 11) is 0. The van der Waals surface area contributed by atoms with E-state index in [2.05, 4.69) is 306 Å². The van der Waals surface area contributed by atoms with Crippen LogP contribution in [0, 0.1) is 41.5 Å². The van der Waals surface area contributed by atoms with Gasteiger partial charge >= 0.3 is 0 Å². The lowest BCUT2D eigenvalue weighted by Gasteiger charge is -2.31. The van der Waals surface area contributed by atoms with Crippen LogP contribution < -0.4 is 9.80 Å². The number of nitrogens with zero attached hydrogens (tertiary/aromatic N) is 2. The summed E-state index contributed by atoms with van der Waals surface area (Å²) < 4.78 is 0. The zero-order valence-corrected chi connectivity index (χ0v) is 46.1. The van der Waals surface area contributed by atoms with Crippen molar-refractivity contribution in [1.82, 2.24) is 0 Å². The SMILES string of the molecule is Cc1cc(-c2ccc(N(c3ccc(-c4ccc5c6ccccc6c6ccccc6c5c4)cc3)c3c(C)cccc3C)c(C)c2)ccc1N(c1ccc(-c2ccc3c4ccccc4c4ccccc4c3c2)cc1)c1c(C)cccc1C. The molecule has 0 saturated carbocycles.